The zero-order valence-corrected chi connectivity index (χ0v) is 18.6. The number of hydrogen-bond donors (Lipinski definition) is 1. The zero-order valence-electron chi connectivity index (χ0n) is 17.8. The normalized spacial score (nSPS) is 16.4. The van der Waals surface area contributed by atoms with Gasteiger partial charge in [-0.25, -0.2) is 4.39 Å². The molecule has 1 aliphatic heterocycles. The van der Waals surface area contributed by atoms with Crippen molar-refractivity contribution in [3.63, 3.8) is 0 Å². The summed E-state index contributed by atoms with van der Waals surface area (Å²) in [4.78, 5) is 28.8. The van der Waals surface area contributed by atoms with E-state index in [0.29, 0.717) is 12.1 Å². The van der Waals surface area contributed by atoms with Crippen LogP contribution < -0.4 is 10.2 Å². The summed E-state index contributed by atoms with van der Waals surface area (Å²) in [5.74, 6) is -1.21. The maximum Gasteiger partial charge on any atom is 0.241 e. The van der Waals surface area contributed by atoms with Crippen LogP contribution in [-0.2, 0) is 22.6 Å². The minimum Gasteiger partial charge on any atom is -0.355 e. The van der Waals surface area contributed by atoms with Crippen LogP contribution >= 0.6 is 11.8 Å². The van der Waals surface area contributed by atoms with Gasteiger partial charge < -0.3 is 10.2 Å². The largest absolute Gasteiger partial charge is 0.355 e. The van der Waals surface area contributed by atoms with Gasteiger partial charge >= 0.3 is 0 Å². The third-order valence-corrected chi connectivity index (χ3v) is 7.09. The monoisotopic (exact) mass is 448 g/mol. The fraction of sp³-hybridized carbons (Fsp3) is 0.231. The molecule has 32 heavy (non-hydrogen) atoms. The maximum atomic E-state index is 14.3. The highest BCUT2D eigenvalue weighted by Gasteiger charge is 2.39. The number of fused-ring (bicyclic) bond motifs is 1. The first-order chi connectivity index (χ1) is 15.5. The van der Waals surface area contributed by atoms with E-state index in [4.69, 9.17) is 0 Å². The summed E-state index contributed by atoms with van der Waals surface area (Å²) in [7, 11) is 0. The molecule has 0 spiro atoms. The molecule has 164 valence electrons. The number of hydrogen-bond acceptors (Lipinski definition) is 3. The van der Waals surface area contributed by atoms with Crippen molar-refractivity contribution in [3.05, 3.63) is 95.8 Å². The highest BCUT2D eigenvalue weighted by atomic mass is 32.2. The first-order valence-corrected chi connectivity index (χ1v) is 11.5. The fourth-order valence-corrected chi connectivity index (χ4v) is 5.07. The molecule has 1 aliphatic rings. The van der Waals surface area contributed by atoms with Crippen molar-refractivity contribution in [3.8, 4) is 0 Å². The quantitative estimate of drug-likeness (QED) is 0.563. The third kappa shape index (κ3) is 4.86. The lowest BCUT2D eigenvalue weighted by atomic mass is 10.0. The summed E-state index contributed by atoms with van der Waals surface area (Å²) in [6.45, 7) is 2.42. The van der Waals surface area contributed by atoms with Gasteiger partial charge in [-0.2, -0.15) is 0 Å². The lowest BCUT2D eigenvalue weighted by Crippen LogP contribution is -2.47. The molecule has 0 fully saturated rings. The number of amides is 2. The predicted molar refractivity (Wildman–Crippen MR) is 126 cm³/mol. The van der Waals surface area contributed by atoms with Gasteiger partial charge in [0.25, 0.3) is 0 Å². The van der Waals surface area contributed by atoms with Crippen LogP contribution in [0.25, 0.3) is 0 Å². The average molecular weight is 449 g/mol. The number of nitrogens with one attached hydrogen (secondary N) is 1. The molecule has 1 heterocycles. The molecule has 0 saturated heterocycles. The summed E-state index contributed by atoms with van der Waals surface area (Å²) in [5.41, 5.74) is 2.34. The van der Waals surface area contributed by atoms with Gasteiger partial charge in [0.1, 0.15) is 11.1 Å². The Labute approximate surface area is 191 Å². The molecule has 2 atom stereocenters. The molecule has 2 amide bonds. The van der Waals surface area contributed by atoms with Crippen molar-refractivity contribution in [1.29, 1.82) is 0 Å². The molecule has 0 aliphatic carbocycles. The summed E-state index contributed by atoms with van der Waals surface area (Å²) in [6, 6.07) is 24.0. The van der Waals surface area contributed by atoms with E-state index in [1.54, 1.807) is 30.0 Å². The Bertz CT molecular complexity index is 1110. The number of carbonyl (C=O) groups is 2. The van der Waals surface area contributed by atoms with Gasteiger partial charge in [-0.1, -0.05) is 67.6 Å². The number of thioether (sulfide) groups is 1. The molecular weight excluding hydrogens is 423 g/mol. The molecule has 0 saturated carbocycles. The number of para-hydroxylation sites is 1. The van der Waals surface area contributed by atoms with Gasteiger partial charge in [0.2, 0.25) is 11.8 Å². The second kappa shape index (κ2) is 10.0. The van der Waals surface area contributed by atoms with Crippen LogP contribution in [0.3, 0.4) is 0 Å². The molecule has 1 N–H and O–H groups in total. The standard InChI is InChI=1S/C26H25FN2O2S/c1-18(25(30)28-16-15-19-9-3-2-4-10-19)24-26(31)29(17-20-11-5-6-12-21(20)27)22-13-7-8-14-23(22)32-24/h2-14,18,24H,15-17H2,1H3,(H,28,30). The number of nitrogens with zero attached hydrogens (tertiary/aromatic N) is 1. The highest BCUT2D eigenvalue weighted by molar-refractivity contribution is 8.01. The van der Waals surface area contributed by atoms with E-state index in [2.05, 4.69) is 5.32 Å². The van der Waals surface area contributed by atoms with E-state index in [1.165, 1.54) is 17.8 Å². The average Bonchev–Trinajstić information content (AvgIpc) is 2.82. The van der Waals surface area contributed by atoms with E-state index in [0.717, 1.165) is 22.6 Å². The Balaban J connectivity index is 1.49. The number of rotatable bonds is 7. The fourth-order valence-electron chi connectivity index (χ4n) is 3.79. The molecule has 0 aromatic heterocycles. The topological polar surface area (TPSA) is 49.4 Å². The first-order valence-electron chi connectivity index (χ1n) is 10.7. The van der Waals surface area contributed by atoms with Crippen LogP contribution in [0.15, 0.2) is 83.8 Å². The number of benzene rings is 3. The van der Waals surface area contributed by atoms with Gasteiger partial charge in [-0.3, -0.25) is 9.59 Å². The molecule has 4 rings (SSSR count). The van der Waals surface area contributed by atoms with Crippen molar-refractivity contribution in [2.24, 2.45) is 5.92 Å². The van der Waals surface area contributed by atoms with Crippen LogP contribution in [0, 0.1) is 11.7 Å². The summed E-state index contributed by atoms with van der Waals surface area (Å²) < 4.78 is 14.3. The van der Waals surface area contributed by atoms with E-state index in [-0.39, 0.29) is 24.2 Å². The van der Waals surface area contributed by atoms with Gasteiger partial charge in [0, 0.05) is 17.0 Å². The molecule has 3 aromatic carbocycles. The number of anilines is 1. The Morgan fingerprint density at radius 2 is 1.72 bits per heavy atom. The van der Waals surface area contributed by atoms with Gasteiger partial charge in [-0.05, 0) is 30.2 Å². The Morgan fingerprint density at radius 3 is 2.50 bits per heavy atom. The van der Waals surface area contributed by atoms with Crippen molar-refractivity contribution in [2.75, 3.05) is 11.4 Å². The first kappa shape index (κ1) is 22.1. The van der Waals surface area contributed by atoms with Crippen molar-refractivity contribution in [1.82, 2.24) is 5.32 Å². The van der Waals surface area contributed by atoms with Crippen LogP contribution in [0.4, 0.5) is 10.1 Å². The van der Waals surface area contributed by atoms with E-state index >= 15 is 0 Å². The second-order valence-corrected chi connectivity index (χ2v) is 9.02. The summed E-state index contributed by atoms with van der Waals surface area (Å²) in [6.07, 6.45) is 0.729. The third-order valence-electron chi connectivity index (χ3n) is 5.63. The molecule has 0 bridgehead atoms. The highest BCUT2D eigenvalue weighted by Crippen LogP contribution is 2.42. The Kier molecular flexibility index (Phi) is 6.90. The number of halogens is 1. The molecule has 6 heteroatoms. The summed E-state index contributed by atoms with van der Waals surface area (Å²) >= 11 is 1.40. The van der Waals surface area contributed by atoms with E-state index < -0.39 is 11.2 Å². The summed E-state index contributed by atoms with van der Waals surface area (Å²) in [5, 5.41) is 2.39. The zero-order chi connectivity index (χ0) is 22.5. The molecule has 4 nitrogen and oxygen atoms in total. The van der Waals surface area contributed by atoms with Crippen LogP contribution in [0.2, 0.25) is 0 Å². The molecule has 2 unspecified atom stereocenters. The minimum atomic E-state index is -0.576. The number of carbonyl (C=O) groups excluding carboxylic acids is 2. The minimum absolute atomic E-state index is 0.127. The van der Waals surface area contributed by atoms with Gasteiger partial charge in [0.05, 0.1) is 18.2 Å². The lowest BCUT2D eigenvalue weighted by molar-refractivity contribution is -0.128. The smallest absolute Gasteiger partial charge is 0.241 e. The predicted octanol–water partition coefficient (Wildman–Crippen LogP) is 4.83. The maximum absolute atomic E-state index is 14.3. The Morgan fingerprint density at radius 1 is 1.03 bits per heavy atom. The Hall–Kier alpha value is -3.12. The lowest BCUT2D eigenvalue weighted by Gasteiger charge is -2.35. The molecule has 0 radical (unpaired) electrons. The second-order valence-electron chi connectivity index (χ2n) is 7.84. The van der Waals surface area contributed by atoms with E-state index in [1.807, 2.05) is 54.6 Å². The molecule has 3 aromatic rings. The SMILES string of the molecule is CC(C(=O)NCCc1ccccc1)C1Sc2ccccc2N(Cc2ccccc2F)C1=O. The van der Waals surface area contributed by atoms with Crippen LogP contribution in [-0.4, -0.2) is 23.6 Å². The van der Waals surface area contributed by atoms with Crippen molar-refractivity contribution < 1.29 is 14.0 Å². The molecular formula is C26H25FN2O2S. The van der Waals surface area contributed by atoms with Crippen molar-refractivity contribution in [2.45, 2.75) is 30.0 Å². The van der Waals surface area contributed by atoms with Gasteiger partial charge in [-0.15, -0.1) is 11.8 Å². The van der Waals surface area contributed by atoms with E-state index in [9.17, 15) is 14.0 Å². The van der Waals surface area contributed by atoms with Crippen LogP contribution in [0.1, 0.15) is 18.1 Å². The van der Waals surface area contributed by atoms with Crippen LogP contribution in [0.5, 0.6) is 0 Å². The van der Waals surface area contributed by atoms with Crippen molar-refractivity contribution >= 4 is 29.3 Å². The van der Waals surface area contributed by atoms with Gasteiger partial charge in [0.15, 0.2) is 0 Å².